The zero-order valence-corrected chi connectivity index (χ0v) is 14.8. The van der Waals surface area contributed by atoms with Gasteiger partial charge < -0.3 is 10.1 Å². The van der Waals surface area contributed by atoms with Crippen LogP contribution in [-0.4, -0.2) is 34.2 Å². The van der Waals surface area contributed by atoms with Crippen LogP contribution in [0.3, 0.4) is 0 Å². The molecule has 0 bridgehead atoms. The maximum atomic E-state index is 12.4. The fourth-order valence-electron chi connectivity index (χ4n) is 1.72. The first-order valence-electron chi connectivity index (χ1n) is 7.28. The van der Waals surface area contributed by atoms with Crippen molar-refractivity contribution in [1.82, 2.24) is 10.0 Å². The Kier molecular flexibility index (Phi) is 7.83. The quantitative estimate of drug-likeness (QED) is 0.688. The summed E-state index contributed by atoms with van der Waals surface area (Å²) in [4.78, 5) is 1.35. The number of ether oxygens (including phenoxy) is 1. The second-order valence-electron chi connectivity index (χ2n) is 5.16. The van der Waals surface area contributed by atoms with E-state index in [1.165, 1.54) is 11.3 Å². The monoisotopic (exact) mass is 334 g/mol. The third kappa shape index (κ3) is 6.04. The molecule has 0 aliphatic carbocycles. The van der Waals surface area contributed by atoms with E-state index in [4.69, 9.17) is 4.74 Å². The molecule has 1 aromatic heterocycles. The lowest BCUT2D eigenvalue weighted by Gasteiger charge is -2.21. The van der Waals surface area contributed by atoms with Crippen molar-refractivity contribution < 1.29 is 13.2 Å². The van der Waals surface area contributed by atoms with Crippen LogP contribution in [0.4, 0.5) is 0 Å². The molecule has 0 saturated heterocycles. The Morgan fingerprint density at radius 1 is 1.33 bits per heavy atom. The minimum atomic E-state index is -3.49. The van der Waals surface area contributed by atoms with Crippen LogP contribution in [0.1, 0.15) is 32.6 Å². The summed E-state index contributed by atoms with van der Waals surface area (Å²) < 4.78 is 32.9. The van der Waals surface area contributed by atoms with Gasteiger partial charge in [0.15, 0.2) is 0 Å². The van der Waals surface area contributed by atoms with Gasteiger partial charge in [-0.3, -0.25) is 0 Å². The molecule has 1 heterocycles. The molecule has 1 atom stereocenters. The summed E-state index contributed by atoms with van der Waals surface area (Å²) in [7, 11) is -3.49. The number of hydrogen-bond donors (Lipinski definition) is 2. The van der Waals surface area contributed by atoms with Crippen LogP contribution in [0.25, 0.3) is 0 Å². The second kappa shape index (κ2) is 8.85. The SMILES string of the molecule is CCNCc1cc(S(=O)(=O)NC(COCC)C(C)C)cs1. The number of hydrogen-bond acceptors (Lipinski definition) is 5. The molecular weight excluding hydrogens is 308 g/mol. The summed E-state index contributed by atoms with van der Waals surface area (Å²) in [5.41, 5.74) is 0. The van der Waals surface area contributed by atoms with Gasteiger partial charge in [0.25, 0.3) is 0 Å². The van der Waals surface area contributed by atoms with E-state index in [0.29, 0.717) is 24.7 Å². The van der Waals surface area contributed by atoms with Gasteiger partial charge in [-0.2, -0.15) is 0 Å². The van der Waals surface area contributed by atoms with Gasteiger partial charge in [-0.25, -0.2) is 13.1 Å². The van der Waals surface area contributed by atoms with Gasteiger partial charge in [0.1, 0.15) is 0 Å². The first-order chi connectivity index (χ1) is 9.90. The largest absolute Gasteiger partial charge is 0.380 e. The highest BCUT2D eigenvalue weighted by Crippen LogP contribution is 2.20. The van der Waals surface area contributed by atoms with Crippen LogP contribution < -0.4 is 10.0 Å². The fraction of sp³-hybridized carbons (Fsp3) is 0.714. The standard InChI is InChI=1S/C14H26N2O3S2/c1-5-15-8-12-7-13(10-20-12)21(17,18)16-14(11(3)4)9-19-6-2/h7,10-11,14-16H,5-6,8-9H2,1-4H3. The molecule has 0 aliphatic heterocycles. The third-order valence-electron chi connectivity index (χ3n) is 3.10. The first-order valence-corrected chi connectivity index (χ1v) is 9.65. The van der Waals surface area contributed by atoms with E-state index in [1.807, 2.05) is 27.7 Å². The molecule has 0 saturated carbocycles. The number of sulfonamides is 1. The summed E-state index contributed by atoms with van der Waals surface area (Å²) in [5, 5.41) is 4.88. The van der Waals surface area contributed by atoms with Crippen molar-refractivity contribution >= 4 is 21.4 Å². The predicted molar refractivity (Wildman–Crippen MR) is 87.1 cm³/mol. The smallest absolute Gasteiger partial charge is 0.241 e. The van der Waals surface area contributed by atoms with Gasteiger partial charge in [0.05, 0.1) is 11.5 Å². The van der Waals surface area contributed by atoms with Crippen LogP contribution in [0.5, 0.6) is 0 Å². The molecule has 0 fully saturated rings. The maximum Gasteiger partial charge on any atom is 0.241 e. The lowest BCUT2D eigenvalue weighted by molar-refractivity contribution is 0.116. The molecule has 0 spiro atoms. The normalized spacial score (nSPS) is 13.8. The predicted octanol–water partition coefficient (Wildman–Crippen LogP) is 2.20. The summed E-state index contributed by atoms with van der Waals surface area (Å²) in [6.07, 6.45) is 0. The average molecular weight is 335 g/mol. The van der Waals surface area contributed by atoms with Crippen LogP contribution in [0.2, 0.25) is 0 Å². The molecule has 2 N–H and O–H groups in total. The van der Waals surface area contributed by atoms with E-state index in [-0.39, 0.29) is 12.0 Å². The van der Waals surface area contributed by atoms with E-state index in [0.717, 1.165) is 11.4 Å². The highest BCUT2D eigenvalue weighted by molar-refractivity contribution is 7.89. The Labute approximate surface area is 132 Å². The van der Waals surface area contributed by atoms with Gasteiger partial charge >= 0.3 is 0 Å². The van der Waals surface area contributed by atoms with E-state index in [9.17, 15) is 8.42 Å². The molecule has 0 radical (unpaired) electrons. The molecule has 1 rings (SSSR count). The van der Waals surface area contributed by atoms with Crippen molar-refractivity contribution in [3.8, 4) is 0 Å². The molecule has 0 amide bonds. The summed E-state index contributed by atoms with van der Waals surface area (Å²) in [5.74, 6) is 0.172. The van der Waals surface area contributed by atoms with E-state index < -0.39 is 10.0 Å². The van der Waals surface area contributed by atoms with Gasteiger partial charge in [0.2, 0.25) is 10.0 Å². The second-order valence-corrected chi connectivity index (χ2v) is 7.87. The molecule has 7 heteroatoms. The van der Waals surface area contributed by atoms with Crippen molar-refractivity contribution in [2.24, 2.45) is 5.92 Å². The van der Waals surface area contributed by atoms with E-state index >= 15 is 0 Å². The molecule has 0 aromatic carbocycles. The Balaban J connectivity index is 2.76. The Bertz CT molecular complexity index is 512. The molecule has 1 aromatic rings. The van der Waals surface area contributed by atoms with E-state index in [1.54, 1.807) is 11.4 Å². The topological polar surface area (TPSA) is 67.4 Å². The van der Waals surface area contributed by atoms with Crippen molar-refractivity contribution in [3.05, 3.63) is 16.3 Å². The Morgan fingerprint density at radius 3 is 2.62 bits per heavy atom. The van der Waals surface area contributed by atoms with Gasteiger partial charge in [0, 0.05) is 29.5 Å². The molecule has 122 valence electrons. The summed E-state index contributed by atoms with van der Waals surface area (Å²) in [6.45, 7) is 10.4. The van der Waals surface area contributed by atoms with Crippen molar-refractivity contribution in [3.63, 3.8) is 0 Å². The van der Waals surface area contributed by atoms with Crippen LogP contribution in [0.15, 0.2) is 16.3 Å². The zero-order chi connectivity index (χ0) is 15.9. The highest BCUT2D eigenvalue weighted by Gasteiger charge is 2.23. The average Bonchev–Trinajstić information content (AvgIpc) is 2.90. The number of rotatable bonds is 10. The molecular formula is C14H26N2O3S2. The van der Waals surface area contributed by atoms with Crippen LogP contribution in [-0.2, 0) is 21.3 Å². The molecule has 5 nitrogen and oxygen atoms in total. The van der Waals surface area contributed by atoms with Gasteiger partial charge in [-0.15, -0.1) is 11.3 Å². The maximum absolute atomic E-state index is 12.4. The van der Waals surface area contributed by atoms with Crippen molar-refractivity contribution in [2.75, 3.05) is 19.8 Å². The lowest BCUT2D eigenvalue weighted by Crippen LogP contribution is -2.41. The zero-order valence-electron chi connectivity index (χ0n) is 13.2. The molecule has 21 heavy (non-hydrogen) atoms. The van der Waals surface area contributed by atoms with Crippen LogP contribution >= 0.6 is 11.3 Å². The lowest BCUT2D eigenvalue weighted by atomic mass is 10.1. The van der Waals surface area contributed by atoms with Crippen LogP contribution in [0, 0.1) is 5.92 Å². The Morgan fingerprint density at radius 2 is 2.05 bits per heavy atom. The van der Waals surface area contributed by atoms with Gasteiger partial charge in [-0.05, 0) is 25.5 Å². The van der Waals surface area contributed by atoms with Gasteiger partial charge in [-0.1, -0.05) is 20.8 Å². The third-order valence-corrected chi connectivity index (χ3v) is 5.66. The highest BCUT2D eigenvalue weighted by atomic mass is 32.2. The number of thiophene rings is 1. The minimum Gasteiger partial charge on any atom is -0.380 e. The van der Waals surface area contributed by atoms with Crippen molar-refractivity contribution in [2.45, 2.75) is 45.2 Å². The molecule has 0 aliphatic rings. The minimum absolute atomic E-state index is 0.172. The summed E-state index contributed by atoms with van der Waals surface area (Å²) in [6, 6.07) is 1.51. The summed E-state index contributed by atoms with van der Waals surface area (Å²) >= 11 is 1.46. The Hall–Kier alpha value is -0.470. The fourth-order valence-corrected chi connectivity index (χ4v) is 4.33. The van der Waals surface area contributed by atoms with Crippen molar-refractivity contribution in [1.29, 1.82) is 0 Å². The number of nitrogens with one attached hydrogen (secondary N) is 2. The molecule has 1 unspecified atom stereocenters. The first kappa shape index (κ1) is 18.6. The van der Waals surface area contributed by atoms with E-state index in [2.05, 4.69) is 10.0 Å².